The zero-order valence-electron chi connectivity index (χ0n) is 11.8. The normalized spacial score (nSPS) is 10.5. The fourth-order valence-electron chi connectivity index (χ4n) is 2.19. The number of halogens is 1. The van der Waals surface area contributed by atoms with Crippen molar-refractivity contribution in [3.05, 3.63) is 65.3 Å². The summed E-state index contributed by atoms with van der Waals surface area (Å²) in [5, 5.41) is 3.83. The van der Waals surface area contributed by atoms with Gasteiger partial charge in [0, 0.05) is 5.39 Å². The zero-order valence-corrected chi connectivity index (χ0v) is 12.6. The van der Waals surface area contributed by atoms with Crippen molar-refractivity contribution in [2.75, 3.05) is 12.4 Å². The van der Waals surface area contributed by atoms with Gasteiger partial charge >= 0.3 is 0 Å². The highest BCUT2D eigenvalue weighted by atomic mass is 35.5. The van der Waals surface area contributed by atoms with Gasteiger partial charge < -0.3 is 10.1 Å². The molecule has 0 radical (unpaired) electrons. The predicted octanol–water partition coefficient (Wildman–Crippen LogP) is 4.15. The highest BCUT2D eigenvalue weighted by Crippen LogP contribution is 2.26. The maximum Gasteiger partial charge on any atom is 0.258 e. The first kappa shape index (κ1) is 14.4. The fraction of sp³-hybridized carbons (Fsp3) is 0.0588. The van der Waals surface area contributed by atoms with Crippen LogP contribution in [0.5, 0.6) is 5.75 Å². The molecule has 1 heterocycles. The van der Waals surface area contributed by atoms with Crippen LogP contribution in [0.4, 0.5) is 5.69 Å². The van der Waals surface area contributed by atoms with Gasteiger partial charge in [-0.25, -0.2) is 4.98 Å². The van der Waals surface area contributed by atoms with Crippen molar-refractivity contribution in [2.24, 2.45) is 0 Å². The largest absolute Gasteiger partial charge is 0.495 e. The zero-order chi connectivity index (χ0) is 15.5. The number of benzene rings is 2. The van der Waals surface area contributed by atoms with E-state index in [2.05, 4.69) is 10.3 Å². The molecule has 0 spiro atoms. The first-order valence-corrected chi connectivity index (χ1v) is 7.06. The molecule has 0 saturated heterocycles. The Morgan fingerprint density at radius 3 is 2.68 bits per heavy atom. The van der Waals surface area contributed by atoms with Gasteiger partial charge in [0.25, 0.3) is 5.91 Å². The maximum atomic E-state index is 12.5. The Kier molecular flexibility index (Phi) is 3.94. The van der Waals surface area contributed by atoms with Crippen molar-refractivity contribution in [1.29, 1.82) is 0 Å². The lowest BCUT2D eigenvalue weighted by Gasteiger charge is -2.11. The van der Waals surface area contributed by atoms with E-state index in [4.69, 9.17) is 16.3 Å². The SMILES string of the molecule is COc1ccccc1NC(=O)c1cc2ccccc2nc1Cl. The van der Waals surface area contributed by atoms with E-state index in [1.165, 1.54) is 0 Å². The molecular weight excluding hydrogens is 300 g/mol. The van der Waals surface area contributed by atoms with Gasteiger partial charge in [0.1, 0.15) is 10.9 Å². The number of nitrogens with one attached hydrogen (secondary N) is 1. The molecule has 0 atom stereocenters. The Balaban J connectivity index is 1.97. The van der Waals surface area contributed by atoms with Crippen LogP contribution in [0.2, 0.25) is 5.15 Å². The topological polar surface area (TPSA) is 51.2 Å². The molecule has 1 N–H and O–H groups in total. The molecule has 4 nitrogen and oxygen atoms in total. The smallest absolute Gasteiger partial charge is 0.258 e. The molecule has 3 aromatic rings. The van der Waals surface area contributed by atoms with E-state index in [-0.39, 0.29) is 11.1 Å². The minimum Gasteiger partial charge on any atom is -0.495 e. The minimum absolute atomic E-state index is 0.172. The second-order valence-electron chi connectivity index (χ2n) is 4.67. The summed E-state index contributed by atoms with van der Waals surface area (Å²) in [5.41, 5.74) is 1.66. The summed E-state index contributed by atoms with van der Waals surface area (Å²) in [6.45, 7) is 0. The first-order valence-electron chi connectivity index (χ1n) is 6.68. The average Bonchev–Trinajstić information content (AvgIpc) is 2.54. The van der Waals surface area contributed by atoms with E-state index >= 15 is 0 Å². The van der Waals surface area contributed by atoms with E-state index in [9.17, 15) is 4.79 Å². The summed E-state index contributed by atoms with van der Waals surface area (Å²) >= 11 is 6.13. The Hall–Kier alpha value is -2.59. The molecule has 1 aromatic heterocycles. The van der Waals surface area contributed by atoms with E-state index in [0.717, 1.165) is 10.9 Å². The molecule has 0 fully saturated rings. The molecule has 0 unspecified atom stereocenters. The molecule has 3 rings (SSSR count). The van der Waals surface area contributed by atoms with E-state index < -0.39 is 0 Å². The summed E-state index contributed by atoms with van der Waals surface area (Å²) in [6.07, 6.45) is 0. The second-order valence-corrected chi connectivity index (χ2v) is 5.03. The molecule has 0 aliphatic rings. The molecule has 22 heavy (non-hydrogen) atoms. The number of ether oxygens (including phenoxy) is 1. The van der Waals surface area contributed by atoms with Crippen LogP contribution in [0, 0.1) is 0 Å². The van der Waals surface area contributed by atoms with Crippen molar-refractivity contribution >= 4 is 34.1 Å². The van der Waals surface area contributed by atoms with Gasteiger partial charge in [-0.3, -0.25) is 4.79 Å². The van der Waals surface area contributed by atoms with Gasteiger partial charge in [-0.1, -0.05) is 41.9 Å². The quantitative estimate of drug-likeness (QED) is 0.739. The highest BCUT2D eigenvalue weighted by Gasteiger charge is 2.14. The number of carbonyl (C=O) groups excluding carboxylic acids is 1. The average molecular weight is 313 g/mol. The van der Waals surface area contributed by atoms with Crippen molar-refractivity contribution in [2.45, 2.75) is 0 Å². The number of carbonyl (C=O) groups is 1. The molecule has 110 valence electrons. The molecule has 1 amide bonds. The number of hydrogen-bond acceptors (Lipinski definition) is 3. The standard InChI is InChI=1S/C17H13ClN2O2/c1-22-15-9-5-4-8-14(15)20-17(21)12-10-11-6-2-3-7-13(11)19-16(12)18/h2-10H,1H3,(H,20,21). The van der Waals surface area contributed by atoms with Crippen molar-refractivity contribution < 1.29 is 9.53 Å². The predicted molar refractivity (Wildman–Crippen MR) is 87.7 cm³/mol. The number of hydrogen-bond donors (Lipinski definition) is 1. The van der Waals surface area contributed by atoms with Crippen LogP contribution in [-0.4, -0.2) is 18.0 Å². The lowest BCUT2D eigenvalue weighted by molar-refractivity contribution is 0.102. The number of anilines is 1. The van der Waals surface area contributed by atoms with Crippen LogP contribution >= 0.6 is 11.6 Å². The fourth-order valence-corrected chi connectivity index (χ4v) is 2.42. The third kappa shape index (κ3) is 2.73. The molecule has 5 heteroatoms. The summed E-state index contributed by atoms with van der Waals surface area (Å²) in [5.74, 6) is 0.258. The maximum absolute atomic E-state index is 12.5. The molecular formula is C17H13ClN2O2. The number of rotatable bonds is 3. The van der Waals surface area contributed by atoms with Crippen LogP contribution in [0.25, 0.3) is 10.9 Å². The summed E-state index contributed by atoms with van der Waals surface area (Å²) in [4.78, 5) is 16.7. The monoisotopic (exact) mass is 312 g/mol. The van der Waals surface area contributed by atoms with E-state index in [1.807, 2.05) is 36.4 Å². The lowest BCUT2D eigenvalue weighted by Crippen LogP contribution is -2.13. The number of para-hydroxylation sites is 3. The van der Waals surface area contributed by atoms with Crippen molar-refractivity contribution in [1.82, 2.24) is 4.98 Å². The van der Waals surface area contributed by atoms with Gasteiger partial charge in [0.05, 0.1) is 23.9 Å². The van der Waals surface area contributed by atoms with Gasteiger partial charge in [-0.2, -0.15) is 0 Å². The van der Waals surface area contributed by atoms with Crippen molar-refractivity contribution in [3.63, 3.8) is 0 Å². The number of pyridine rings is 1. The summed E-state index contributed by atoms with van der Waals surface area (Å²) in [6, 6.07) is 16.4. The number of amides is 1. The van der Waals surface area contributed by atoms with Crippen LogP contribution < -0.4 is 10.1 Å². The van der Waals surface area contributed by atoms with Gasteiger partial charge in [0.15, 0.2) is 0 Å². The molecule has 0 saturated carbocycles. The molecule has 0 aliphatic carbocycles. The van der Waals surface area contributed by atoms with Crippen molar-refractivity contribution in [3.8, 4) is 5.75 Å². The van der Waals surface area contributed by atoms with Crippen LogP contribution in [0.3, 0.4) is 0 Å². The Morgan fingerprint density at radius 2 is 1.86 bits per heavy atom. The van der Waals surface area contributed by atoms with Crippen LogP contribution in [0.15, 0.2) is 54.6 Å². The van der Waals surface area contributed by atoms with E-state index in [0.29, 0.717) is 17.0 Å². The molecule has 0 bridgehead atoms. The minimum atomic E-state index is -0.326. The van der Waals surface area contributed by atoms with Crippen LogP contribution in [0.1, 0.15) is 10.4 Å². The number of methoxy groups -OCH3 is 1. The Labute approximate surface area is 132 Å². The van der Waals surface area contributed by atoms with Crippen LogP contribution in [-0.2, 0) is 0 Å². The highest BCUT2D eigenvalue weighted by molar-refractivity contribution is 6.33. The molecule has 2 aromatic carbocycles. The molecule has 0 aliphatic heterocycles. The van der Waals surface area contributed by atoms with Gasteiger partial charge in [-0.15, -0.1) is 0 Å². The lowest BCUT2D eigenvalue weighted by atomic mass is 10.1. The number of fused-ring (bicyclic) bond motifs is 1. The van der Waals surface area contributed by atoms with E-state index in [1.54, 1.807) is 25.3 Å². The Morgan fingerprint density at radius 1 is 1.14 bits per heavy atom. The third-order valence-corrected chi connectivity index (χ3v) is 3.57. The van der Waals surface area contributed by atoms with Gasteiger partial charge in [0.2, 0.25) is 0 Å². The summed E-state index contributed by atoms with van der Waals surface area (Å²) < 4.78 is 5.22. The number of nitrogens with zero attached hydrogens (tertiary/aromatic N) is 1. The second kappa shape index (κ2) is 6.03. The number of aromatic nitrogens is 1. The first-order chi connectivity index (χ1) is 10.7. The summed E-state index contributed by atoms with van der Waals surface area (Å²) in [7, 11) is 1.55. The third-order valence-electron chi connectivity index (χ3n) is 3.28. The Bertz CT molecular complexity index is 849. The van der Waals surface area contributed by atoms with Gasteiger partial charge in [-0.05, 0) is 24.3 Å².